The fourth-order valence-electron chi connectivity index (χ4n) is 3.27. The number of aromatic nitrogens is 1. The summed E-state index contributed by atoms with van der Waals surface area (Å²) in [6, 6.07) is 7.93. The molecule has 2 aromatic rings. The van der Waals surface area contributed by atoms with Gasteiger partial charge in [0.05, 0.1) is 5.75 Å². The SMILES string of the molecule is O=C(CCc1ccc2[nH]ccc2c1)NS(=O)(=O)CC1CCCC1. The maximum atomic E-state index is 12.0. The lowest BCUT2D eigenvalue weighted by Gasteiger charge is -2.11. The van der Waals surface area contributed by atoms with E-state index >= 15 is 0 Å². The van der Waals surface area contributed by atoms with Gasteiger partial charge in [-0.3, -0.25) is 9.52 Å². The van der Waals surface area contributed by atoms with Gasteiger partial charge in [-0.1, -0.05) is 18.9 Å². The van der Waals surface area contributed by atoms with Crippen LogP contribution in [0.15, 0.2) is 30.5 Å². The third-order valence-corrected chi connectivity index (χ3v) is 5.91. The number of hydrogen-bond donors (Lipinski definition) is 2. The molecule has 124 valence electrons. The highest BCUT2D eigenvalue weighted by Crippen LogP contribution is 2.25. The monoisotopic (exact) mass is 334 g/mol. The Morgan fingerprint density at radius 3 is 2.78 bits per heavy atom. The summed E-state index contributed by atoms with van der Waals surface area (Å²) in [6.07, 6.45) is 6.67. The zero-order valence-corrected chi connectivity index (χ0v) is 13.9. The van der Waals surface area contributed by atoms with Gasteiger partial charge in [-0.25, -0.2) is 8.42 Å². The first-order chi connectivity index (χ1) is 11.0. The van der Waals surface area contributed by atoms with Crippen LogP contribution < -0.4 is 4.72 Å². The first kappa shape index (κ1) is 16.1. The highest BCUT2D eigenvalue weighted by molar-refractivity contribution is 7.90. The summed E-state index contributed by atoms with van der Waals surface area (Å²) in [5.74, 6) is -0.137. The van der Waals surface area contributed by atoms with Gasteiger partial charge in [0.1, 0.15) is 0 Å². The Hall–Kier alpha value is -1.82. The van der Waals surface area contributed by atoms with Crippen LogP contribution in [0.25, 0.3) is 10.9 Å². The van der Waals surface area contributed by atoms with Crippen LogP contribution in [0.4, 0.5) is 0 Å². The fraction of sp³-hybridized carbons (Fsp3) is 0.471. The first-order valence-corrected chi connectivity index (χ1v) is 9.76. The quantitative estimate of drug-likeness (QED) is 0.852. The third-order valence-electron chi connectivity index (χ3n) is 4.46. The molecular formula is C17H22N2O3S. The number of sulfonamides is 1. The molecular weight excluding hydrogens is 312 g/mol. The normalized spacial score (nSPS) is 16.0. The molecule has 1 heterocycles. The number of rotatable bonds is 6. The maximum Gasteiger partial charge on any atom is 0.235 e. The maximum absolute atomic E-state index is 12.0. The van der Waals surface area contributed by atoms with Crippen LogP contribution in [0.1, 0.15) is 37.7 Å². The largest absolute Gasteiger partial charge is 0.361 e. The van der Waals surface area contributed by atoms with Crippen molar-refractivity contribution in [1.29, 1.82) is 0 Å². The number of benzene rings is 1. The van der Waals surface area contributed by atoms with Crippen molar-refractivity contribution >= 4 is 26.8 Å². The number of aromatic amines is 1. The van der Waals surface area contributed by atoms with Crippen LogP contribution in [0.5, 0.6) is 0 Å². The standard InChI is InChI=1S/C17H22N2O3S/c20-17(19-23(21,22)12-14-3-1-2-4-14)8-6-13-5-7-16-15(11-13)9-10-18-16/h5,7,9-11,14,18H,1-4,6,8,12H2,(H,19,20). The second-order valence-electron chi connectivity index (χ2n) is 6.36. The Bertz CT molecular complexity index is 789. The predicted molar refractivity (Wildman–Crippen MR) is 90.5 cm³/mol. The van der Waals surface area contributed by atoms with Gasteiger partial charge in [0.15, 0.2) is 0 Å². The molecule has 2 N–H and O–H groups in total. The van der Waals surface area contributed by atoms with Crippen molar-refractivity contribution in [2.24, 2.45) is 5.92 Å². The molecule has 23 heavy (non-hydrogen) atoms. The summed E-state index contributed by atoms with van der Waals surface area (Å²) in [5, 5.41) is 1.09. The van der Waals surface area contributed by atoms with Crippen LogP contribution in [0.2, 0.25) is 0 Å². The number of nitrogens with one attached hydrogen (secondary N) is 2. The fourth-order valence-corrected chi connectivity index (χ4v) is 4.76. The van der Waals surface area contributed by atoms with Crippen molar-refractivity contribution in [1.82, 2.24) is 9.71 Å². The molecule has 0 saturated heterocycles. The highest BCUT2D eigenvalue weighted by atomic mass is 32.2. The van der Waals surface area contributed by atoms with Gasteiger partial charge < -0.3 is 4.98 Å². The lowest BCUT2D eigenvalue weighted by Crippen LogP contribution is -2.34. The van der Waals surface area contributed by atoms with E-state index in [1.54, 1.807) is 0 Å². The van der Waals surface area contributed by atoms with Gasteiger partial charge in [0.25, 0.3) is 0 Å². The summed E-state index contributed by atoms with van der Waals surface area (Å²) in [6.45, 7) is 0. The van der Waals surface area contributed by atoms with Gasteiger partial charge >= 0.3 is 0 Å². The minimum Gasteiger partial charge on any atom is -0.361 e. The van der Waals surface area contributed by atoms with Gasteiger partial charge in [-0.05, 0) is 54.3 Å². The number of fused-ring (bicyclic) bond motifs is 1. The molecule has 1 fully saturated rings. The Morgan fingerprint density at radius 1 is 1.22 bits per heavy atom. The van der Waals surface area contributed by atoms with Crippen molar-refractivity contribution in [3.63, 3.8) is 0 Å². The van der Waals surface area contributed by atoms with Crippen molar-refractivity contribution in [2.75, 3.05) is 5.75 Å². The lowest BCUT2D eigenvalue weighted by atomic mass is 10.1. The molecule has 1 amide bonds. The van der Waals surface area contributed by atoms with E-state index in [4.69, 9.17) is 0 Å². The minimum absolute atomic E-state index is 0.0774. The van der Waals surface area contributed by atoms with E-state index in [9.17, 15) is 13.2 Å². The highest BCUT2D eigenvalue weighted by Gasteiger charge is 2.23. The zero-order chi connectivity index (χ0) is 16.3. The second-order valence-corrected chi connectivity index (χ2v) is 8.12. The summed E-state index contributed by atoms with van der Waals surface area (Å²) in [5.41, 5.74) is 2.08. The molecule has 1 aliphatic carbocycles. The van der Waals surface area contributed by atoms with Gasteiger partial charge in [-0.2, -0.15) is 0 Å². The van der Waals surface area contributed by atoms with Crippen LogP contribution in [0.3, 0.4) is 0 Å². The van der Waals surface area contributed by atoms with Gasteiger partial charge in [0.2, 0.25) is 15.9 Å². The lowest BCUT2D eigenvalue weighted by molar-refractivity contribution is -0.119. The summed E-state index contributed by atoms with van der Waals surface area (Å²) in [4.78, 5) is 15.0. The molecule has 0 unspecified atom stereocenters. The second kappa shape index (κ2) is 6.74. The molecule has 3 rings (SSSR count). The molecule has 1 aromatic carbocycles. The Morgan fingerprint density at radius 2 is 2.00 bits per heavy atom. The molecule has 0 bridgehead atoms. The molecule has 0 atom stereocenters. The molecule has 1 aromatic heterocycles. The molecule has 1 saturated carbocycles. The van der Waals surface area contributed by atoms with Crippen molar-refractivity contribution in [2.45, 2.75) is 38.5 Å². The summed E-state index contributed by atoms with van der Waals surface area (Å²) < 4.78 is 26.2. The van der Waals surface area contributed by atoms with E-state index in [1.165, 1.54) is 0 Å². The van der Waals surface area contributed by atoms with E-state index in [2.05, 4.69) is 9.71 Å². The van der Waals surface area contributed by atoms with E-state index in [0.717, 1.165) is 42.1 Å². The van der Waals surface area contributed by atoms with Crippen LogP contribution >= 0.6 is 0 Å². The zero-order valence-electron chi connectivity index (χ0n) is 13.0. The number of hydrogen-bond acceptors (Lipinski definition) is 3. The van der Waals surface area contributed by atoms with Crippen LogP contribution in [-0.2, 0) is 21.2 Å². The summed E-state index contributed by atoms with van der Waals surface area (Å²) in [7, 11) is -3.50. The van der Waals surface area contributed by atoms with Crippen LogP contribution in [0, 0.1) is 5.92 Å². The van der Waals surface area contributed by atoms with Crippen LogP contribution in [-0.4, -0.2) is 25.1 Å². The average molecular weight is 334 g/mol. The number of carbonyl (C=O) groups excluding carboxylic acids is 1. The van der Waals surface area contributed by atoms with E-state index in [1.807, 2.05) is 30.5 Å². The van der Waals surface area contributed by atoms with Gasteiger partial charge in [-0.15, -0.1) is 0 Å². The Balaban J connectivity index is 1.52. The smallest absolute Gasteiger partial charge is 0.235 e. The topological polar surface area (TPSA) is 79.0 Å². The number of carbonyl (C=O) groups is 1. The Kier molecular flexibility index (Phi) is 4.71. The molecule has 0 aliphatic heterocycles. The van der Waals surface area contributed by atoms with Gasteiger partial charge in [0, 0.05) is 18.1 Å². The van der Waals surface area contributed by atoms with Crippen molar-refractivity contribution in [3.8, 4) is 0 Å². The number of aryl methyl sites for hydroxylation is 1. The van der Waals surface area contributed by atoms with Crippen molar-refractivity contribution in [3.05, 3.63) is 36.0 Å². The van der Waals surface area contributed by atoms with E-state index in [-0.39, 0.29) is 18.1 Å². The number of amides is 1. The van der Waals surface area contributed by atoms with E-state index in [0.29, 0.717) is 6.42 Å². The predicted octanol–water partition coefficient (Wildman–Crippen LogP) is 2.74. The van der Waals surface area contributed by atoms with Crippen molar-refractivity contribution < 1.29 is 13.2 Å². The molecule has 1 aliphatic rings. The number of H-pyrrole nitrogens is 1. The summed E-state index contributed by atoms with van der Waals surface area (Å²) >= 11 is 0. The molecule has 6 heteroatoms. The molecule has 5 nitrogen and oxygen atoms in total. The third kappa shape index (κ3) is 4.34. The average Bonchev–Trinajstić information content (AvgIpc) is 3.14. The molecule has 0 radical (unpaired) electrons. The first-order valence-electron chi connectivity index (χ1n) is 8.11. The molecule has 0 spiro atoms. The minimum atomic E-state index is -3.50. The Labute approximate surface area is 136 Å². The van der Waals surface area contributed by atoms with E-state index < -0.39 is 15.9 Å².